The summed E-state index contributed by atoms with van der Waals surface area (Å²) in [5.74, 6) is 1.21. The largest absolute Gasteiger partial charge is 0.494 e. The molecule has 0 spiro atoms. The van der Waals surface area contributed by atoms with Crippen LogP contribution in [-0.2, 0) is 23.0 Å². The van der Waals surface area contributed by atoms with Crippen LogP contribution in [0.4, 0.5) is 0 Å². The molecule has 0 saturated carbocycles. The van der Waals surface area contributed by atoms with Crippen LogP contribution in [-0.4, -0.2) is 30.9 Å². The van der Waals surface area contributed by atoms with Gasteiger partial charge in [0.1, 0.15) is 10.8 Å². The number of hydrogen-bond donors (Lipinski definition) is 0. The van der Waals surface area contributed by atoms with Crippen LogP contribution in [0.1, 0.15) is 42.8 Å². The molecule has 2 heterocycles. The number of fused-ring (bicyclic) bond motifs is 1. The number of hydrogen-bond acceptors (Lipinski definition) is 5. The number of rotatable bonds is 6. The van der Waals surface area contributed by atoms with E-state index in [1.807, 2.05) is 43.3 Å². The Hall–Kier alpha value is -2.22. The molecule has 7 heteroatoms. The van der Waals surface area contributed by atoms with Crippen LogP contribution in [0.2, 0.25) is 0 Å². The molecule has 2 aromatic carbocycles. The van der Waals surface area contributed by atoms with Crippen molar-refractivity contribution in [3.8, 4) is 16.3 Å². The van der Waals surface area contributed by atoms with Crippen molar-refractivity contribution in [2.24, 2.45) is 0 Å². The smallest absolute Gasteiger partial charge is 0.243 e. The molecule has 0 N–H and O–H groups in total. The second-order valence-electron chi connectivity index (χ2n) is 7.66. The molecule has 0 atom stereocenters. The van der Waals surface area contributed by atoms with Gasteiger partial charge in [0.25, 0.3) is 0 Å². The fraction of sp³-hybridized carbons (Fsp3) is 0.348. The van der Waals surface area contributed by atoms with Gasteiger partial charge in [-0.05, 0) is 54.8 Å². The quantitative estimate of drug-likeness (QED) is 0.534. The van der Waals surface area contributed by atoms with Gasteiger partial charge in [-0.25, -0.2) is 13.4 Å². The van der Waals surface area contributed by atoms with E-state index in [2.05, 4.69) is 13.8 Å². The summed E-state index contributed by atoms with van der Waals surface area (Å²) in [6, 6.07) is 15.1. The second-order valence-corrected chi connectivity index (χ2v) is 10.7. The Morgan fingerprint density at radius 2 is 1.80 bits per heavy atom. The van der Waals surface area contributed by atoms with E-state index in [-0.39, 0.29) is 0 Å². The van der Waals surface area contributed by atoms with E-state index in [0.717, 1.165) is 32.5 Å². The Balaban J connectivity index is 1.54. The minimum Gasteiger partial charge on any atom is -0.494 e. The Morgan fingerprint density at radius 1 is 1.10 bits per heavy atom. The molecular weight excluding hydrogens is 416 g/mol. The summed E-state index contributed by atoms with van der Waals surface area (Å²) in [4.78, 5) is 6.15. The summed E-state index contributed by atoms with van der Waals surface area (Å²) in [6.07, 6.45) is 0.631. The Morgan fingerprint density at radius 3 is 2.43 bits per heavy atom. The van der Waals surface area contributed by atoms with Crippen molar-refractivity contribution in [3.05, 3.63) is 64.7 Å². The predicted molar refractivity (Wildman–Crippen MR) is 121 cm³/mol. The zero-order valence-corrected chi connectivity index (χ0v) is 19.1. The topological polar surface area (TPSA) is 59.5 Å². The first kappa shape index (κ1) is 21.0. The molecule has 30 heavy (non-hydrogen) atoms. The molecule has 1 aliphatic heterocycles. The van der Waals surface area contributed by atoms with Crippen LogP contribution in [0.3, 0.4) is 0 Å². The van der Waals surface area contributed by atoms with Gasteiger partial charge < -0.3 is 4.74 Å². The van der Waals surface area contributed by atoms with Gasteiger partial charge in [0.2, 0.25) is 10.0 Å². The van der Waals surface area contributed by atoms with Gasteiger partial charge in [-0.15, -0.1) is 11.3 Å². The van der Waals surface area contributed by atoms with Gasteiger partial charge in [0.05, 0.1) is 23.7 Å². The molecule has 0 radical (unpaired) electrons. The molecule has 158 valence electrons. The van der Waals surface area contributed by atoms with Crippen LogP contribution in [0.25, 0.3) is 10.6 Å². The lowest BCUT2D eigenvalue weighted by atomic mass is 10.0. The molecular formula is C23H26N2O3S2. The fourth-order valence-electron chi connectivity index (χ4n) is 3.53. The van der Waals surface area contributed by atoms with Gasteiger partial charge in [0.15, 0.2) is 0 Å². The van der Waals surface area contributed by atoms with Crippen molar-refractivity contribution in [1.29, 1.82) is 0 Å². The number of sulfonamides is 1. The predicted octanol–water partition coefficient (Wildman–Crippen LogP) is 5.08. The first-order valence-electron chi connectivity index (χ1n) is 10.2. The van der Waals surface area contributed by atoms with E-state index >= 15 is 0 Å². The van der Waals surface area contributed by atoms with Crippen LogP contribution >= 0.6 is 11.3 Å². The maximum atomic E-state index is 13.2. The van der Waals surface area contributed by atoms with Crippen molar-refractivity contribution in [3.63, 3.8) is 0 Å². The number of thiazole rings is 1. The zero-order valence-electron chi connectivity index (χ0n) is 17.5. The normalized spacial score (nSPS) is 14.7. The minimum absolute atomic E-state index is 0.353. The molecule has 1 aromatic heterocycles. The Labute approximate surface area is 182 Å². The van der Waals surface area contributed by atoms with Crippen molar-refractivity contribution in [2.75, 3.05) is 13.2 Å². The lowest BCUT2D eigenvalue weighted by Crippen LogP contribution is -2.35. The third-order valence-corrected chi connectivity index (χ3v) is 8.28. The summed E-state index contributed by atoms with van der Waals surface area (Å²) >= 11 is 1.57. The Bertz CT molecular complexity index is 1120. The van der Waals surface area contributed by atoms with Crippen molar-refractivity contribution >= 4 is 21.4 Å². The molecule has 0 fully saturated rings. The minimum atomic E-state index is -3.52. The van der Waals surface area contributed by atoms with Crippen LogP contribution in [0.5, 0.6) is 5.75 Å². The monoisotopic (exact) mass is 442 g/mol. The highest BCUT2D eigenvalue weighted by Gasteiger charge is 2.30. The first-order valence-corrected chi connectivity index (χ1v) is 12.5. The standard InChI is InChI=1S/C23H26N2O3S2/c1-4-28-19-9-5-18(6-10-19)23-24-21-13-14-25(15-22(21)29-23)30(26,27)20-11-7-17(8-12-20)16(2)3/h5-12,16H,4,13-15H2,1-3H3. The summed E-state index contributed by atoms with van der Waals surface area (Å²) in [7, 11) is -3.52. The molecule has 4 rings (SSSR count). The average molecular weight is 443 g/mol. The third-order valence-electron chi connectivity index (χ3n) is 5.29. The van der Waals surface area contributed by atoms with Crippen LogP contribution in [0, 0.1) is 0 Å². The van der Waals surface area contributed by atoms with Gasteiger partial charge in [-0.3, -0.25) is 0 Å². The van der Waals surface area contributed by atoms with E-state index in [1.165, 1.54) is 0 Å². The molecule has 3 aromatic rings. The number of ether oxygens (including phenoxy) is 1. The molecule has 0 aliphatic carbocycles. The van der Waals surface area contributed by atoms with E-state index < -0.39 is 10.0 Å². The second kappa shape index (κ2) is 8.49. The molecule has 5 nitrogen and oxygen atoms in total. The summed E-state index contributed by atoms with van der Waals surface area (Å²) < 4.78 is 33.4. The van der Waals surface area contributed by atoms with Crippen LogP contribution < -0.4 is 4.74 Å². The molecule has 0 unspecified atom stereocenters. The highest BCUT2D eigenvalue weighted by molar-refractivity contribution is 7.89. The average Bonchev–Trinajstić information content (AvgIpc) is 3.18. The lowest BCUT2D eigenvalue weighted by molar-refractivity contribution is 0.340. The Kier molecular flexibility index (Phi) is 5.95. The highest BCUT2D eigenvalue weighted by Crippen LogP contribution is 2.34. The maximum Gasteiger partial charge on any atom is 0.243 e. The number of aromatic nitrogens is 1. The molecule has 1 aliphatic rings. The lowest BCUT2D eigenvalue weighted by Gasteiger charge is -2.25. The fourth-order valence-corrected chi connectivity index (χ4v) is 6.15. The van der Waals surface area contributed by atoms with Crippen molar-refractivity contribution in [2.45, 2.75) is 44.6 Å². The summed E-state index contributed by atoms with van der Waals surface area (Å²) in [5, 5.41) is 0.920. The SMILES string of the molecule is CCOc1ccc(-c2nc3c(s2)CN(S(=O)(=O)c2ccc(C(C)C)cc2)CC3)cc1. The van der Waals surface area contributed by atoms with Gasteiger partial charge in [0, 0.05) is 23.4 Å². The van der Waals surface area contributed by atoms with Crippen molar-refractivity contribution < 1.29 is 13.2 Å². The summed E-state index contributed by atoms with van der Waals surface area (Å²) in [5.41, 5.74) is 3.17. The molecule has 0 saturated heterocycles. The van der Waals surface area contributed by atoms with E-state index in [0.29, 0.717) is 36.9 Å². The van der Waals surface area contributed by atoms with E-state index in [1.54, 1.807) is 27.8 Å². The third kappa shape index (κ3) is 4.15. The van der Waals surface area contributed by atoms with E-state index in [4.69, 9.17) is 9.72 Å². The van der Waals surface area contributed by atoms with Crippen LogP contribution in [0.15, 0.2) is 53.4 Å². The zero-order chi connectivity index (χ0) is 21.3. The van der Waals surface area contributed by atoms with Gasteiger partial charge >= 0.3 is 0 Å². The van der Waals surface area contributed by atoms with Gasteiger partial charge in [-0.1, -0.05) is 26.0 Å². The van der Waals surface area contributed by atoms with E-state index in [9.17, 15) is 8.42 Å². The molecule has 0 bridgehead atoms. The summed E-state index contributed by atoms with van der Waals surface area (Å²) in [6.45, 7) is 7.62. The first-order chi connectivity index (χ1) is 14.4. The number of nitrogens with zero attached hydrogens (tertiary/aromatic N) is 2. The van der Waals surface area contributed by atoms with Crippen molar-refractivity contribution in [1.82, 2.24) is 9.29 Å². The van der Waals surface area contributed by atoms with Gasteiger partial charge in [-0.2, -0.15) is 4.31 Å². The number of benzene rings is 2. The highest BCUT2D eigenvalue weighted by atomic mass is 32.2. The molecule has 0 amide bonds. The maximum absolute atomic E-state index is 13.2.